The van der Waals surface area contributed by atoms with E-state index in [1.807, 2.05) is 0 Å². The lowest BCUT2D eigenvalue weighted by atomic mass is 10.3. The fraction of sp³-hybridized carbons (Fsp3) is 0. The molecule has 0 spiro atoms. The zero-order valence-electron chi connectivity index (χ0n) is 10.2. The molecule has 0 fully saturated rings. The maximum Gasteiger partial charge on any atom is 0.262 e. The van der Waals surface area contributed by atoms with Gasteiger partial charge in [0.2, 0.25) is 0 Å². The van der Waals surface area contributed by atoms with Gasteiger partial charge in [-0.15, -0.1) is 0 Å². The number of sulfonamides is 1. The van der Waals surface area contributed by atoms with Gasteiger partial charge in [-0.3, -0.25) is 4.72 Å². The van der Waals surface area contributed by atoms with E-state index < -0.39 is 21.7 Å². The molecule has 4 nitrogen and oxygen atoms in total. The number of hydrogen-bond acceptors (Lipinski definition) is 3. The summed E-state index contributed by atoms with van der Waals surface area (Å²) in [6.45, 7) is 0. The Morgan fingerprint density at radius 2 is 1.67 bits per heavy atom. The van der Waals surface area contributed by atoms with Crippen LogP contribution in [0.25, 0.3) is 0 Å². The van der Waals surface area contributed by atoms with Crippen LogP contribution in [0.3, 0.4) is 0 Å². The number of benzene rings is 2. The van der Waals surface area contributed by atoms with Gasteiger partial charge in [-0.05, 0) is 56.1 Å². The molecular weight excluding hydrogens is 434 g/mol. The quantitative estimate of drug-likeness (QED) is 0.560. The predicted octanol–water partition coefficient (Wildman–Crippen LogP) is 3.87. The first-order valence-corrected chi connectivity index (χ1v) is 8.50. The lowest BCUT2D eigenvalue weighted by molar-refractivity contribution is 0.579. The fourth-order valence-electron chi connectivity index (χ4n) is 1.48. The zero-order valence-corrected chi connectivity index (χ0v) is 14.2. The highest BCUT2D eigenvalue weighted by Gasteiger charge is 2.18. The third kappa shape index (κ3) is 3.53. The first-order chi connectivity index (χ1) is 9.70. The predicted molar refractivity (Wildman–Crippen MR) is 83.4 cm³/mol. The highest BCUT2D eigenvalue weighted by molar-refractivity contribution is 9.10. The summed E-state index contributed by atoms with van der Waals surface area (Å²) in [6, 6.07) is 5.55. The minimum absolute atomic E-state index is 0.0555. The van der Waals surface area contributed by atoms with E-state index in [1.54, 1.807) is 0 Å². The van der Waals surface area contributed by atoms with E-state index in [2.05, 4.69) is 36.6 Å². The third-order valence-electron chi connectivity index (χ3n) is 2.54. The van der Waals surface area contributed by atoms with Crippen molar-refractivity contribution in [2.75, 3.05) is 10.5 Å². The van der Waals surface area contributed by atoms with Gasteiger partial charge in [-0.25, -0.2) is 17.2 Å². The van der Waals surface area contributed by atoms with E-state index >= 15 is 0 Å². The summed E-state index contributed by atoms with van der Waals surface area (Å²) in [4.78, 5) is -0.108. The van der Waals surface area contributed by atoms with Gasteiger partial charge in [0.1, 0.15) is 11.6 Å². The molecule has 0 aliphatic heterocycles. The van der Waals surface area contributed by atoms with E-state index in [4.69, 9.17) is 5.73 Å². The first kappa shape index (κ1) is 16.2. The van der Waals surface area contributed by atoms with E-state index in [0.717, 1.165) is 6.07 Å². The normalized spacial score (nSPS) is 11.4. The molecule has 112 valence electrons. The Morgan fingerprint density at radius 1 is 1.00 bits per heavy atom. The van der Waals surface area contributed by atoms with Crippen LogP contribution in [-0.2, 0) is 10.0 Å². The topological polar surface area (TPSA) is 72.2 Å². The van der Waals surface area contributed by atoms with Gasteiger partial charge in [-0.2, -0.15) is 0 Å². The van der Waals surface area contributed by atoms with E-state index in [1.165, 1.54) is 18.2 Å². The average molecular weight is 442 g/mol. The Balaban J connectivity index is 2.42. The van der Waals surface area contributed by atoms with Gasteiger partial charge in [0.05, 0.1) is 15.1 Å². The highest BCUT2D eigenvalue weighted by atomic mass is 79.9. The van der Waals surface area contributed by atoms with Gasteiger partial charge in [0.25, 0.3) is 10.0 Å². The molecule has 0 unspecified atom stereocenters. The number of nitrogen functional groups attached to an aromatic ring is 1. The minimum Gasteiger partial charge on any atom is -0.398 e. The second-order valence-electron chi connectivity index (χ2n) is 4.03. The molecule has 2 aromatic carbocycles. The van der Waals surface area contributed by atoms with Crippen molar-refractivity contribution in [1.29, 1.82) is 0 Å². The van der Waals surface area contributed by atoms with Crippen molar-refractivity contribution in [2.24, 2.45) is 0 Å². The Hall–Kier alpha value is -1.19. The van der Waals surface area contributed by atoms with E-state index in [-0.39, 0.29) is 15.1 Å². The van der Waals surface area contributed by atoms with Crippen molar-refractivity contribution in [1.82, 2.24) is 0 Å². The molecular formula is C12H8Br2F2N2O2S. The Morgan fingerprint density at radius 3 is 2.29 bits per heavy atom. The van der Waals surface area contributed by atoms with Gasteiger partial charge in [0, 0.05) is 16.2 Å². The molecule has 0 radical (unpaired) electrons. The molecule has 3 N–H and O–H groups in total. The zero-order chi connectivity index (χ0) is 15.8. The number of anilines is 2. The molecule has 0 heterocycles. The molecule has 0 amide bonds. The molecule has 0 atom stereocenters. The van der Waals surface area contributed by atoms with Gasteiger partial charge in [-0.1, -0.05) is 0 Å². The monoisotopic (exact) mass is 440 g/mol. The Kier molecular flexibility index (Phi) is 4.54. The molecule has 0 aromatic heterocycles. The first-order valence-electron chi connectivity index (χ1n) is 5.43. The van der Waals surface area contributed by atoms with Gasteiger partial charge < -0.3 is 5.73 Å². The second-order valence-corrected chi connectivity index (χ2v) is 7.43. The van der Waals surface area contributed by atoms with Crippen LogP contribution < -0.4 is 10.5 Å². The number of rotatable bonds is 3. The number of nitrogens with two attached hydrogens (primary N) is 1. The van der Waals surface area contributed by atoms with Gasteiger partial charge in [0.15, 0.2) is 0 Å². The molecule has 9 heteroatoms. The lowest BCUT2D eigenvalue weighted by Gasteiger charge is -2.10. The largest absolute Gasteiger partial charge is 0.398 e. The second kappa shape index (κ2) is 5.90. The Labute approximate surface area is 136 Å². The molecule has 2 aromatic rings. The van der Waals surface area contributed by atoms with Crippen LogP contribution in [0, 0.1) is 11.6 Å². The summed E-state index contributed by atoms with van der Waals surface area (Å²) < 4.78 is 53.5. The summed E-state index contributed by atoms with van der Waals surface area (Å²) in [5.41, 5.74) is 5.58. The molecule has 0 saturated heterocycles. The smallest absolute Gasteiger partial charge is 0.262 e. The van der Waals surface area contributed by atoms with Crippen LogP contribution in [0.5, 0.6) is 0 Å². The number of nitrogens with one attached hydrogen (secondary N) is 1. The standard InChI is InChI=1S/C12H8Br2F2N2O2S/c13-7-4-12(10(16)5-9(7)15)18-21(19,20)6-1-2-11(17)8(14)3-6/h1-5,18H,17H2. The summed E-state index contributed by atoms with van der Waals surface area (Å²) in [5.74, 6) is -1.85. The molecule has 0 saturated carbocycles. The van der Waals surface area contributed by atoms with E-state index in [0.29, 0.717) is 16.2 Å². The highest BCUT2D eigenvalue weighted by Crippen LogP contribution is 2.28. The van der Waals surface area contributed by atoms with Gasteiger partial charge >= 0.3 is 0 Å². The Bertz CT molecular complexity index is 813. The number of hydrogen-bond donors (Lipinski definition) is 2. The summed E-state index contributed by atoms with van der Waals surface area (Å²) in [7, 11) is -4.02. The average Bonchev–Trinajstić information content (AvgIpc) is 2.39. The van der Waals surface area contributed by atoms with Crippen molar-refractivity contribution >= 4 is 53.3 Å². The third-order valence-corrected chi connectivity index (χ3v) is 5.19. The van der Waals surface area contributed by atoms with Crippen LogP contribution in [0.15, 0.2) is 44.2 Å². The van der Waals surface area contributed by atoms with Crippen molar-refractivity contribution in [3.63, 3.8) is 0 Å². The fourth-order valence-corrected chi connectivity index (χ4v) is 3.44. The van der Waals surface area contributed by atoms with Crippen molar-refractivity contribution in [2.45, 2.75) is 4.90 Å². The van der Waals surface area contributed by atoms with Crippen molar-refractivity contribution < 1.29 is 17.2 Å². The van der Waals surface area contributed by atoms with Crippen LogP contribution in [0.4, 0.5) is 20.2 Å². The van der Waals surface area contributed by atoms with Crippen LogP contribution in [0.2, 0.25) is 0 Å². The lowest BCUT2D eigenvalue weighted by Crippen LogP contribution is -2.14. The van der Waals surface area contributed by atoms with Crippen LogP contribution in [0.1, 0.15) is 0 Å². The maximum absolute atomic E-state index is 13.6. The van der Waals surface area contributed by atoms with Crippen LogP contribution in [-0.4, -0.2) is 8.42 Å². The maximum atomic E-state index is 13.6. The molecule has 0 aliphatic rings. The molecule has 21 heavy (non-hydrogen) atoms. The summed E-state index contributed by atoms with van der Waals surface area (Å²) in [5, 5.41) is 0. The summed E-state index contributed by atoms with van der Waals surface area (Å²) >= 11 is 5.98. The molecule has 0 bridgehead atoms. The van der Waals surface area contributed by atoms with E-state index in [9.17, 15) is 17.2 Å². The van der Waals surface area contributed by atoms with Crippen molar-refractivity contribution in [3.8, 4) is 0 Å². The van der Waals surface area contributed by atoms with Crippen LogP contribution >= 0.6 is 31.9 Å². The summed E-state index contributed by atoms with van der Waals surface area (Å²) in [6.07, 6.45) is 0. The molecule has 2 rings (SSSR count). The minimum atomic E-state index is -4.02. The molecule has 0 aliphatic carbocycles. The number of halogens is 4. The SMILES string of the molecule is Nc1ccc(S(=O)(=O)Nc2cc(Br)c(F)cc2F)cc1Br. The van der Waals surface area contributed by atoms with Crippen molar-refractivity contribution in [3.05, 3.63) is 50.9 Å².